The zero-order chi connectivity index (χ0) is 22.1. The number of benzene rings is 2. The zero-order valence-electron chi connectivity index (χ0n) is 18.2. The molecule has 31 heavy (non-hydrogen) atoms. The SMILES string of the molecule is CC(C)n1c(-c2n[nH]c3ccc(C(=O)NCCCN(C)C)cc23)nc2ccc(F)cc21. The van der Waals surface area contributed by atoms with E-state index >= 15 is 0 Å². The minimum absolute atomic E-state index is 0.0525. The van der Waals surface area contributed by atoms with Crippen molar-refractivity contribution < 1.29 is 9.18 Å². The van der Waals surface area contributed by atoms with Gasteiger partial charge in [0.1, 0.15) is 11.5 Å². The minimum atomic E-state index is -0.305. The number of halogens is 1. The molecule has 0 spiro atoms. The average Bonchev–Trinajstić information content (AvgIpc) is 3.30. The molecular weight excluding hydrogens is 395 g/mol. The van der Waals surface area contributed by atoms with Gasteiger partial charge in [-0.2, -0.15) is 5.10 Å². The van der Waals surface area contributed by atoms with Crippen LogP contribution in [-0.2, 0) is 0 Å². The van der Waals surface area contributed by atoms with Gasteiger partial charge in [-0.15, -0.1) is 0 Å². The van der Waals surface area contributed by atoms with Gasteiger partial charge in [-0.3, -0.25) is 9.89 Å². The fourth-order valence-electron chi connectivity index (χ4n) is 3.78. The number of rotatable bonds is 7. The molecule has 0 saturated heterocycles. The van der Waals surface area contributed by atoms with Crippen molar-refractivity contribution in [3.05, 3.63) is 47.8 Å². The summed E-state index contributed by atoms with van der Waals surface area (Å²) < 4.78 is 15.9. The molecule has 2 heterocycles. The zero-order valence-corrected chi connectivity index (χ0v) is 18.2. The number of amides is 1. The number of carbonyl (C=O) groups excluding carboxylic acids is 1. The number of hydrogen-bond acceptors (Lipinski definition) is 4. The highest BCUT2D eigenvalue weighted by Gasteiger charge is 2.20. The lowest BCUT2D eigenvalue weighted by Crippen LogP contribution is -2.27. The Labute approximate surface area is 180 Å². The Morgan fingerprint density at radius 1 is 1.23 bits per heavy atom. The van der Waals surface area contributed by atoms with Crippen molar-refractivity contribution in [1.29, 1.82) is 0 Å². The lowest BCUT2D eigenvalue weighted by atomic mass is 10.1. The van der Waals surface area contributed by atoms with Crippen molar-refractivity contribution in [3.8, 4) is 11.5 Å². The Morgan fingerprint density at radius 2 is 2.03 bits per heavy atom. The second kappa shape index (κ2) is 8.47. The second-order valence-electron chi connectivity index (χ2n) is 8.28. The van der Waals surface area contributed by atoms with Crippen molar-refractivity contribution >= 4 is 27.8 Å². The number of nitrogens with one attached hydrogen (secondary N) is 2. The number of H-pyrrole nitrogens is 1. The van der Waals surface area contributed by atoms with Crippen LogP contribution in [0.2, 0.25) is 0 Å². The van der Waals surface area contributed by atoms with Crippen molar-refractivity contribution in [2.24, 2.45) is 0 Å². The molecule has 2 aromatic carbocycles. The van der Waals surface area contributed by atoms with Gasteiger partial charge in [0.25, 0.3) is 5.91 Å². The third-order valence-electron chi connectivity index (χ3n) is 5.27. The van der Waals surface area contributed by atoms with Crippen LogP contribution in [0.3, 0.4) is 0 Å². The number of imidazole rings is 1. The molecule has 7 nitrogen and oxygen atoms in total. The van der Waals surface area contributed by atoms with E-state index < -0.39 is 0 Å². The van der Waals surface area contributed by atoms with Gasteiger partial charge in [0.2, 0.25) is 0 Å². The van der Waals surface area contributed by atoms with Crippen LogP contribution in [0.25, 0.3) is 33.5 Å². The van der Waals surface area contributed by atoms with E-state index in [0.717, 1.165) is 29.4 Å². The maximum Gasteiger partial charge on any atom is 0.251 e. The summed E-state index contributed by atoms with van der Waals surface area (Å²) in [6, 6.07) is 10.1. The molecule has 162 valence electrons. The number of hydrogen-bond donors (Lipinski definition) is 2. The van der Waals surface area contributed by atoms with Crippen LogP contribution in [0.15, 0.2) is 36.4 Å². The van der Waals surface area contributed by atoms with Crippen LogP contribution in [-0.4, -0.2) is 57.7 Å². The number of aromatic nitrogens is 4. The largest absolute Gasteiger partial charge is 0.352 e. The first-order chi connectivity index (χ1) is 14.8. The third-order valence-corrected chi connectivity index (χ3v) is 5.27. The van der Waals surface area contributed by atoms with Gasteiger partial charge in [0, 0.05) is 23.5 Å². The Hall–Kier alpha value is -3.26. The molecule has 2 aromatic heterocycles. The third kappa shape index (κ3) is 4.16. The first-order valence-corrected chi connectivity index (χ1v) is 10.4. The maximum absolute atomic E-state index is 13.9. The van der Waals surface area contributed by atoms with Gasteiger partial charge < -0.3 is 14.8 Å². The number of carbonyl (C=O) groups is 1. The molecule has 4 rings (SSSR count). The predicted octanol–water partition coefficient (Wildman–Crippen LogP) is 3.98. The van der Waals surface area contributed by atoms with Gasteiger partial charge in [0.05, 0.1) is 16.6 Å². The summed E-state index contributed by atoms with van der Waals surface area (Å²) in [6.07, 6.45) is 0.882. The molecule has 1 amide bonds. The topological polar surface area (TPSA) is 78.8 Å². The minimum Gasteiger partial charge on any atom is -0.352 e. The Bertz CT molecular complexity index is 1240. The van der Waals surface area contributed by atoms with E-state index in [0.29, 0.717) is 29.1 Å². The fraction of sp³-hybridized carbons (Fsp3) is 0.348. The molecule has 0 aliphatic heterocycles. The standard InChI is InChI=1S/C23H27FN6O/c1-14(2)30-20-13-16(24)7-9-19(20)26-22(30)21-17-12-15(6-8-18(17)27-28-21)23(31)25-10-5-11-29(3)4/h6-9,12-14H,5,10-11H2,1-4H3,(H,25,31)(H,27,28). The Morgan fingerprint density at radius 3 is 2.77 bits per heavy atom. The number of nitrogens with zero attached hydrogens (tertiary/aromatic N) is 4. The summed E-state index contributed by atoms with van der Waals surface area (Å²) in [5.41, 5.74) is 3.44. The quantitative estimate of drug-likeness (QED) is 0.442. The highest BCUT2D eigenvalue weighted by molar-refractivity contribution is 6.01. The van der Waals surface area contributed by atoms with Crippen LogP contribution >= 0.6 is 0 Å². The fourth-order valence-corrected chi connectivity index (χ4v) is 3.78. The van der Waals surface area contributed by atoms with Gasteiger partial charge in [-0.05, 0) is 77.3 Å². The molecule has 0 aliphatic carbocycles. The normalized spacial score (nSPS) is 11.8. The van der Waals surface area contributed by atoms with Crippen LogP contribution < -0.4 is 5.32 Å². The van der Waals surface area contributed by atoms with Gasteiger partial charge in [-0.25, -0.2) is 9.37 Å². The van der Waals surface area contributed by atoms with Crippen LogP contribution in [0, 0.1) is 5.82 Å². The molecule has 0 aliphatic rings. The van der Waals surface area contributed by atoms with Crippen molar-refractivity contribution in [2.75, 3.05) is 27.2 Å². The number of fused-ring (bicyclic) bond motifs is 2. The van der Waals surface area contributed by atoms with Gasteiger partial charge >= 0.3 is 0 Å². The lowest BCUT2D eigenvalue weighted by molar-refractivity contribution is 0.0952. The van der Waals surface area contributed by atoms with Crippen LogP contribution in [0.5, 0.6) is 0 Å². The van der Waals surface area contributed by atoms with E-state index in [-0.39, 0.29) is 17.8 Å². The molecule has 2 N–H and O–H groups in total. The monoisotopic (exact) mass is 422 g/mol. The smallest absolute Gasteiger partial charge is 0.251 e. The van der Waals surface area contributed by atoms with E-state index in [1.165, 1.54) is 12.1 Å². The molecule has 0 saturated carbocycles. The van der Waals surface area contributed by atoms with E-state index in [4.69, 9.17) is 4.98 Å². The molecule has 0 unspecified atom stereocenters. The summed E-state index contributed by atoms with van der Waals surface area (Å²) in [5.74, 6) is 0.221. The van der Waals surface area contributed by atoms with Crippen molar-refractivity contribution in [2.45, 2.75) is 26.3 Å². The Kier molecular flexibility index (Phi) is 5.73. The molecular formula is C23H27FN6O. The van der Waals surface area contributed by atoms with E-state index in [1.54, 1.807) is 12.1 Å². The Balaban J connectivity index is 1.72. The summed E-state index contributed by atoms with van der Waals surface area (Å²) in [4.78, 5) is 19.5. The summed E-state index contributed by atoms with van der Waals surface area (Å²) >= 11 is 0. The summed E-state index contributed by atoms with van der Waals surface area (Å²) in [5, 5.41) is 11.3. The molecule has 0 atom stereocenters. The highest BCUT2D eigenvalue weighted by atomic mass is 19.1. The van der Waals surface area contributed by atoms with E-state index in [1.807, 2.05) is 44.6 Å². The molecule has 0 fully saturated rings. The van der Waals surface area contributed by atoms with Gasteiger partial charge in [-0.1, -0.05) is 0 Å². The molecule has 4 aromatic rings. The molecule has 0 bridgehead atoms. The first kappa shape index (κ1) is 21.0. The van der Waals surface area contributed by atoms with E-state index in [9.17, 15) is 9.18 Å². The van der Waals surface area contributed by atoms with Gasteiger partial charge in [0.15, 0.2) is 5.82 Å². The van der Waals surface area contributed by atoms with Crippen molar-refractivity contribution in [1.82, 2.24) is 30.0 Å². The molecule has 0 radical (unpaired) electrons. The lowest BCUT2D eigenvalue weighted by Gasteiger charge is -2.12. The second-order valence-corrected chi connectivity index (χ2v) is 8.28. The summed E-state index contributed by atoms with van der Waals surface area (Å²) in [7, 11) is 4.02. The maximum atomic E-state index is 13.9. The summed E-state index contributed by atoms with van der Waals surface area (Å²) in [6.45, 7) is 5.58. The predicted molar refractivity (Wildman–Crippen MR) is 121 cm³/mol. The number of aromatic amines is 1. The van der Waals surface area contributed by atoms with Crippen LogP contribution in [0.1, 0.15) is 36.7 Å². The van der Waals surface area contributed by atoms with E-state index in [2.05, 4.69) is 20.4 Å². The molecule has 8 heteroatoms. The first-order valence-electron chi connectivity index (χ1n) is 10.4. The average molecular weight is 423 g/mol. The highest BCUT2D eigenvalue weighted by Crippen LogP contribution is 2.32. The van der Waals surface area contributed by atoms with Crippen LogP contribution in [0.4, 0.5) is 4.39 Å². The van der Waals surface area contributed by atoms with Crippen molar-refractivity contribution in [3.63, 3.8) is 0 Å².